The number of amides is 2. The first-order chi connectivity index (χ1) is 12.6. The summed E-state index contributed by atoms with van der Waals surface area (Å²) in [6.45, 7) is 1.44. The first kappa shape index (κ1) is 16.4. The zero-order valence-corrected chi connectivity index (χ0v) is 14.4. The van der Waals surface area contributed by atoms with Gasteiger partial charge in [-0.25, -0.2) is 4.98 Å². The van der Waals surface area contributed by atoms with E-state index in [4.69, 9.17) is 5.73 Å². The van der Waals surface area contributed by atoms with Crippen LogP contribution in [0.15, 0.2) is 42.9 Å². The molecule has 1 atom stereocenters. The summed E-state index contributed by atoms with van der Waals surface area (Å²) in [7, 11) is 0. The molecule has 1 fully saturated rings. The largest absolute Gasteiger partial charge is 0.368 e. The number of aromatic nitrogens is 3. The fourth-order valence-corrected chi connectivity index (χ4v) is 3.72. The molecule has 134 valence electrons. The van der Waals surface area contributed by atoms with Gasteiger partial charge in [0.15, 0.2) is 0 Å². The summed E-state index contributed by atoms with van der Waals surface area (Å²) in [4.78, 5) is 33.6. The van der Waals surface area contributed by atoms with Crippen molar-refractivity contribution in [1.82, 2.24) is 19.4 Å². The van der Waals surface area contributed by atoms with Gasteiger partial charge in [-0.1, -0.05) is 6.07 Å². The molecular formula is C19H21N5O2. The maximum Gasteiger partial charge on any atom is 0.253 e. The minimum atomic E-state index is -0.396. The maximum atomic E-state index is 13.0. The Balaban J connectivity index is 1.53. The fraction of sp³-hybridized carbons (Fsp3) is 0.316. The van der Waals surface area contributed by atoms with E-state index in [1.54, 1.807) is 17.0 Å². The normalized spacial score (nSPS) is 17.5. The predicted octanol–water partition coefficient (Wildman–Crippen LogP) is 1.87. The van der Waals surface area contributed by atoms with E-state index in [9.17, 15) is 9.59 Å². The van der Waals surface area contributed by atoms with E-state index in [0.29, 0.717) is 12.1 Å². The number of piperidine rings is 1. The maximum absolute atomic E-state index is 13.0. The van der Waals surface area contributed by atoms with Gasteiger partial charge in [0.2, 0.25) is 5.91 Å². The average molecular weight is 351 g/mol. The van der Waals surface area contributed by atoms with Gasteiger partial charge in [-0.2, -0.15) is 0 Å². The Morgan fingerprint density at radius 3 is 3.04 bits per heavy atom. The van der Waals surface area contributed by atoms with Crippen molar-refractivity contribution in [2.75, 3.05) is 13.1 Å². The Bertz CT molecular complexity index is 958. The predicted molar refractivity (Wildman–Crippen MR) is 97.6 cm³/mol. The zero-order valence-electron chi connectivity index (χ0n) is 14.4. The number of benzene rings is 1. The van der Waals surface area contributed by atoms with Gasteiger partial charge < -0.3 is 20.2 Å². The molecule has 1 saturated heterocycles. The average Bonchev–Trinajstić information content (AvgIpc) is 3.29. The lowest BCUT2D eigenvalue weighted by Crippen LogP contribution is -2.40. The highest BCUT2D eigenvalue weighted by Gasteiger charge is 2.28. The molecule has 1 aromatic carbocycles. The fourth-order valence-electron chi connectivity index (χ4n) is 3.72. The van der Waals surface area contributed by atoms with Crippen LogP contribution in [0.1, 0.15) is 34.9 Å². The second-order valence-electron chi connectivity index (χ2n) is 6.75. The van der Waals surface area contributed by atoms with Crippen LogP contribution >= 0.6 is 0 Å². The van der Waals surface area contributed by atoms with E-state index in [-0.39, 0.29) is 18.4 Å². The summed E-state index contributed by atoms with van der Waals surface area (Å²) in [6, 6.07) is 7.71. The Labute approximate surface area is 150 Å². The zero-order chi connectivity index (χ0) is 18.1. The molecule has 3 N–H and O–H groups in total. The van der Waals surface area contributed by atoms with Crippen LogP contribution in [0.3, 0.4) is 0 Å². The lowest BCUT2D eigenvalue weighted by molar-refractivity contribution is -0.118. The van der Waals surface area contributed by atoms with Crippen molar-refractivity contribution in [1.29, 1.82) is 0 Å². The highest BCUT2D eigenvalue weighted by Crippen LogP contribution is 2.27. The van der Waals surface area contributed by atoms with Crippen LogP contribution in [0.4, 0.5) is 0 Å². The van der Waals surface area contributed by atoms with Gasteiger partial charge in [0.25, 0.3) is 5.91 Å². The highest BCUT2D eigenvalue weighted by atomic mass is 16.2. The second kappa shape index (κ2) is 6.67. The summed E-state index contributed by atoms with van der Waals surface area (Å²) in [5.41, 5.74) is 6.96. The summed E-state index contributed by atoms with van der Waals surface area (Å²) in [5, 5.41) is 1.09. The van der Waals surface area contributed by atoms with Crippen molar-refractivity contribution in [3.63, 3.8) is 0 Å². The molecule has 7 heteroatoms. The van der Waals surface area contributed by atoms with Crippen LogP contribution in [-0.4, -0.2) is 44.3 Å². The molecule has 0 radical (unpaired) electrons. The lowest BCUT2D eigenvalue weighted by atomic mass is 9.96. The van der Waals surface area contributed by atoms with E-state index < -0.39 is 5.91 Å². The molecule has 2 amide bonds. The van der Waals surface area contributed by atoms with E-state index in [2.05, 4.69) is 9.97 Å². The van der Waals surface area contributed by atoms with Crippen LogP contribution in [0.25, 0.3) is 10.9 Å². The molecule has 3 heterocycles. The topological polar surface area (TPSA) is 97.0 Å². The van der Waals surface area contributed by atoms with E-state index in [1.807, 2.05) is 35.4 Å². The van der Waals surface area contributed by atoms with Gasteiger partial charge in [0.05, 0.1) is 0 Å². The van der Waals surface area contributed by atoms with Crippen LogP contribution in [0.5, 0.6) is 0 Å². The third-order valence-electron chi connectivity index (χ3n) is 4.95. The number of primary amides is 1. The van der Waals surface area contributed by atoms with E-state index in [1.165, 1.54) is 0 Å². The lowest BCUT2D eigenvalue weighted by Gasteiger charge is -2.32. The number of carbonyl (C=O) groups is 2. The molecular weight excluding hydrogens is 330 g/mol. The van der Waals surface area contributed by atoms with Crippen LogP contribution in [-0.2, 0) is 11.3 Å². The molecule has 26 heavy (non-hydrogen) atoms. The van der Waals surface area contributed by atoms with Crippen molar-refractivity contribution in [3.8, 4) is 0 Å². The third-order valence-corrected chi connectivity index (χ3v) is 4.95. The first-order valence-electron chi connectivity index (χ1n) is 8.77. The third kappa shape index (κ3) is 3.08. The number of H-pyrrole nitrogens is 1. The first-order valence-corrected chi connectivity index (χ1v) is 8.77. The highest BCUT2D eigenvalue weighted by molar-refractivity contribution is 5.98. The van der Waals surface area contributed by atoms with Crippen molar-refractivity contribution >= 4 is 22.7 Å². The van der Waals surface area contributed by atoms with Crippen molar-refractivity contribution in [3.05, 3.63) is 54.2 Å². The number of nitrogens with two attached hydrogens (primary N) is 1. The number of hydrogen-bond acceptors (Lipinski definition) is 3. The number of nitrogens with one attached hydrogen (secondary N) is 1. The number of carbonyl (C=O) groups excluding carboxylic acids is 2. The summed E-state index contributed by atoms with van der Waals surface area (Å²) in [5.74, 6) is 0.559. The standard InChI is InChI=1S/C19H21N5O2/c20-17(25)12-23-9-7-22-18(23)15-2-1-8-24(11-15)19(26)14-4-3-13-5-6-21-16(13)10-14/h3-7,9-10,15,21H,1-2,8,11-12H2,(H2,20,25). The molecule has 7 nitrogen and oxygen atoms in total. The molecule has 0 spiro atoms. The van der Waals surface area contributed by atoms with E-state index in [0.717, 1.165) is 36.1 Å². The molecule has 4 rings (SSSR count). The number of rotatable bonds is 4. The molecule has 2 aromatic heterocycles. The SMILES string of the molecule is NC(=O)Cn1ccnc1C1CCCN(C(=O)c2ccc3cc[nH]c3c2)C1. The Morgan fingerprint density at radius 2 is 2.19 bits per heavy atom. The summed E-state index contributed by atoms with van der Waals surface area (Å²) >= 11 is 0. The van der Waals surface area contributed by atoms with E-state index >= 15 is 0 Å². The molecule has 1 aliphatic heterocycles. The Kier molecular flexibility index (Phi) is 4.20. The van der Waals surface area contributed by atoms with Gasteiger partial charge in [0, 0.05) is 48.7 Å². The number of aromatic amines is 1. The monoisotopic (exact) mass is 351 g/mol. The van der Waals surface area contributed by atoms with Gasteiger partial charge in [0.1, 0.15) is 12.4 Å². The Morgan fingerprint density at radius 1 is 1.31 bits per heavy atom. The number of fused-ring (bicyclic) bond motifs is 1. The minimum absolute atomic E-state index is 0.0270. The number of imidazole rings is 1. The van der Waals surface area contributed by atoms with Crippen LogP contribution in [0.2, 0.25) is 0 Å². The number of likely N-dealkylation sites (tertiary alicyclic amines) is 1. The smallest absolute Gasteiger partial charge is 0.253 e. The number of nitrogens with zero attached hydrogens (tertiary/aromatic N) is 3. The van der Waals surface area contributed by atoms with Gasteiger partial charge in [-0.15, -0.1) is 0 Å². The molecule has 0 aliphatic carbocycles. The van der Waals surface area contributed by atoms with Crippen molar-refractivity contribution in [2.45, 2.75) is 25.3 Å². The van der Waals surface area contributed by atoms with Crippen LogP contribution < -0.4 is 5.73 Å². The molecule has 1 aliphatic rings. The molecule has 3 aromatic rings. The van der Waals surface area contributed by atoms with Crippen molar-refractivity contribution in [2.24, 2.45) is 5.73 Å². The second-order valence-corrected chi connectivity index (χ2v) is 6.75. The minimum Gasteiger partial charge on any atom is -0.368 e. The van der Waals surface area contributed by atoms with Crippen LogP contribution in [0, 0.1) is 0 Å². The number of hydrogen-bond donors (Lipinski definition) is 2. The Hall–Kier alpha value is -3.09. The van der Waals surface area contributed by atoms with Crippen molar-refractivity contribution < 1.29 is 9.59 Å². The van der Waals surface area contributed by atoms with Gasteiger partial charge in [-0.05, 0) is 36.4 Å². The molecule has 1 unspecified atom stereocenters. The molecule has 0 saturated carbocycles. The summed E-state index contributed by atoms with van der Waals surface area (Å²) < 4.78 is 1.78. The van der Waals surface area contributed by atoms with Gasteiger partial charge >= 0.3 is 0 Å². The quantitative estimate of drug-likeness (QED) is 0.751. The summed E-state index contributed by atoms with van der Waals surface area (Å²) in [6.07, 6.45) is 7.16. The van der Waals surface area contributed by atoms with Gasteiger partial charge in [-0.3, -0.25) is 9.59 Å². The molecule has 0 bridgehead atoms.